The summed E-state index contributed by atoms with van der Waals surface area (Å²) in [7, 11) is 0. The number of imidazole rings is 1. The first kappa shape index (κ1) is 13.2. The van der Waals surface area contributed by atoms with E-state index in [4.69, 9.17) is 4.84 Å². The number of rotatable bonds is 5. The Hall–Kier alpha value is -2.22. The fourth-order valence-corrected chi connectivity index (χ4v) is 1.67. The molecule has 8 heteroatoms. The Morgan fingerprint density at radius 3 is 3.05 bits per heavy atom. The molecule has 1 atom stereocenters. The van der Waals surface area contributed by atoms with Gasteiger partial charge in [0.1, 0.15) is 0 Å². The standard InChI is InChI=1S/C11H14N4O4/c16-8-1-2-9(17)15-10(8)11(18)19-14-4-3-7-5-12-6-13-7/h5-6,10,14H,1-4H2,(H,12,13)(H,15,17)/t10-/m0/s1. The Bertz CT molecular complexity index is 471. The summed E-state index contributed by atoms with van der Waals surface area (Å²) < 4.78 is 0. The minimum Gasteiger partial charge on any atom is -0.369 e. The maximum Gasteiger partial charge on any atom is 0.355 e. The van der Waals surface area contributed by atoms with Gasteiger partial charge in [-0.25, -0.2) is 9.78 Å². The van der Waals surface area contributed by atoms with Gasteiger partial charge in [0, 0.05) is 37.7 Å². The number of piperidine rings is 1. The number of carbonyl (C=O) groups is 3. The number of hydrogen-bond acceptors (Lipinski definition) is 6. The molecule has 0 radical (unpaired) electrons. The molecular weight excluding hydrogens is 252 g/mol. The molecule has 0 unspecified atom stereocenters. The summed E-state index contributed by atoms with van der Waals surface area (Å²) in [5.41, 5.74) is 3.35. The smallest absolute Gasteiger partial charge is 0.355 e. The van der Waals surface area contributed by atoms with Crippen LogP contribution in [0.2, 0.25) is 0 Å². The van der Waals surface area contributed by atoms with Gasteiger partial charge in [0.25, 0.3) is 0 Å². The highest BCUT2D eigenvalue weighted by atomic mass is 16.7. The molecule has 1 aromatic rings. The van der Waals surface area contributed by atoms with Gasteiger partial charge in [-0.2, -0.15) is 5.48 Å². The molecule has 0 bridgehead atoms. The largest absolute Gasteiger partial charge is 0.369 e. The van der Waals surface area contributed by atoms with E-state index in [2.05, 4.69) is 20.8 Å². The lowest BCUT2D eigenvalue weighted by molar-refractivity contribution is -0.158. The molecule has 1 aromatic heterocycles. The molecule has 102 valence electrons. The molecule has 2 rings (SSSR count). The first-order chi connectivity index (χ1) is 9.16. The van der Waals surface area contributed by atoms with Crippen LogP contribution in [0, 0.1) is 0 Å². The van der Waals surface area contributed by atoms with Crippen LogP contribution in [-0.2, 0) is 25.6 Å². The molecule has 2 heterocycles. The number of amides is 1. The van der Waals surface area contributed by atoms with Gasteiger partial charge in [0.2, 0.25) is 5.91 Å². The van der Waals surface area contributed by atoms with E-state index in [1.54, 1.807) is 12.5 Å². The third-order valence-corrected chi connectivity index (χ3v) is 2.69. The van der Waals surface area contributed by atoms with Gasteiger partial charge in [-0.1, -0.05) is 0 Å². The van der Waals surface area contributed by atoms with E-state index in [0.717, 1.165) is 5.69 Å². The number of aromatic amines is 1. The summed E-state index contributed by atoms with van der Waals surface area (Å²) in [5, 5.41) is 2.30. The summed E-state index contributed by atoms with van der Waals surface area (Å²) in [6.45, 7) is 0.378. The zero-order chi connectivity index (χ0) is 13.7. The van der Waals surface area contributed by atoms with Crippen molar-refractivity contribution in [2.45, 2.75) is 25.3 Å². The normalized spacial score (nSPS) is 19.1. The van der Waals surface area contributed by atoms with Crippen molar-refractivity contribution < 1.29 is 19.2 Å². The number of Topliss-reactive ketones (excluding diaryl/α,β-unsaturated/α-hetero) is 1. The molecule has 0 aromatic carbocycles. The van der Waals surface area contributed by atoms with Gasteiger partial charge in [-0.3, -0.25) is 9.59 Å². The van der Waals surface area contributed by atoms with Crippen LogP contribution < -0.4 is 10.8 Å². The number of H-pyrrole nitrogens is 1. The summed E-state index contributed by atoms with van der Waals surface area (Å²) >= 11 is 0. The predicted molar refractivity (Wildman–Crippen MR) is 62.6 cm³/mol. The highest BCUT2D eigenvalue weighted by Crippen LogP contribution is 2.05. The van der Waals surface area contributed by atoms with E-state index >= 15 is 0 Å². The average Bonchev–Trinajstić information content (AvgIpc) is 2.90. The molecule has 0 aliphatic carbocycles. The number of hydrogen-bond donors (Lipinski definition) is 3. The van der Waals surface area contributed by atoms with E-state index in [1.165, 1.54) is 0 Å². The minimum atomic E-state index is -1.19. The zero-order valence-corrected chi connectivity index (χ0v) is 10.1. The van der Waals surface area contributed by atoms with Crippen LogP contribution in [0.3, 0.4) is 0 Å². The van der Waals surface area contributed by atoms with Crippen LogP contribution in [0.1, 0.15) is 18.5 Å². The highest BCUT2D eigenvalue weighted by molar-refractivity contribution is 6.08. The molecule has 1 aliphatic heterocycles. The second kappa shape index (κ2) is 6.10. The number of ketones is 1. The fraction of sp³-hybridized carbons (Fsp3) is 0.455. The van der Waals surface area contributed by atoms with Crippen molar-refractivity contribution in [3.63, 3.8) is 0 Å². The Morgan fingerprint density at radius 2 is 2.32 bits per heavy atom. The lowest BCUT2D eigenvalue weighted by Gasteiger charge is -2.20. The van der Waals surface area contributed by atoms with Crippen LogP contribution in [-0.4, -0.2) is 40.2 Å². The maximum atomic E-state index is 11.6. The van der Waals surface area contributed by atoms with Crippen LogP contribution >= 0.6 is 0 Å². The molecule has 1 fully saturated rings. The van der Waals surface area contributed by atoms with E-state index in [9.17, 15) is 14.4 Å². The molecule has 1 aliphatic rings. The van der Waals surface area contributed by atoms with Crippen molar-refractivity contribution in [3.05, 3.63) is 18.2 Å². The first-order valence-corrected chi connectivity index (χ1v) is 5.89. The molecule has 8 nitrogen and oxygen atoms in total. The molecular formula is C11H14N4O4. The van der Waals surface area contributed by atoms with E-state index in [1.807, 2.05) is 0 Å². The number of nitrogens with one attached hydrogen (secondary N) is 3. The van der Waals surface area contributed by atoms with Gasteiger partial charge in [0.15, 0.2) is 11.8 Å². The van der Waals surface area contributed by atoms with Crippen molar-refractivity contribution in [1.82, 2.24) is 20.8 Å². The zero-order valence-electron chi connectivity index (χ0n) is 10.1. The highest BCUT2D eigenvalue weighted by Gasteiger charge is 2.33. The third kappa shape index (κ3) is 3.62. The lowest BCUT2D eigenvalue weighted by Crippen LogP contribution is -2.51. The predicted octanol–water partition coefficient (Wildman–Crippen LogP) is -1.15. The summed E-state index contributed by atoms with van der Waals surface area (Å²) in [5.74, 6) is -1.44. The van der Waals surface area contributed by atoms with E-state index in [0.29, 0.717) is 13.0 Å². The molecule has 1 amide bonds. The number of aromatic nitrogens is 2. The SMILES string of the molecule is O=C1CCC(=O)[C@@H](C(=O)ONCCc2cnc[nH]2)N1. The summed E-state index contributed by atoms with van der Waals surface area (Å²) in [6, 6.07) is -1.19. The Morgan fingerprint density at radius 1 is 1.47 bits per heavy atom. The van der Waals surface area contributed by atoms with Crippen LogP contribution in [0.15, 0.2) is 12.5 Å². The van der Waals surface area contributed by atoms with Gasteiger partial charge >= 0.3 is 5.97 Å². The quantitative estimate of drug-likeness (QED) is 0.352. The Balaban J connectivity index is 1.71. The Kier molecular flexibility index (Phi) is 4.24. The third-order valence-electron chi connectivity index (χ3n) is 2.69. The van der Waals surface area contributed by atoms with E-state index < -0.39 is 12.0 Å². The minimum absolute atomic E-state index is 0.0692. The van der Waals surface area contributed by atoms with Crippen LogP contribution in [0.5, 0.6) is 0 Å². The second-order valence-corrected chi connectivity index (χ2v) is 4.11. The lowest BCUT2D eigenvalue weighted by atomic mass is 10.0. The average molecular weight is 266 g/mol. The molecule has 0 saturated carbocycles. The van der Waals surface area contributed by atoms with Crippen LogP contribution in [0.4, 0.5) is 0 Å². The maximum absolute atomic E-state index is 11.6. The molecule has 1 saturated heterocycles. The summed E-state index contributed by atoms with van der Waals surface area (Å²) in [6.07, 6.45) is 4.00. The van der Waals surface area contributed by atoms with Crippen molar-refractivity contribution in [3.8, 4) is 0 Å². The number of carbonyl (C=O) groups excluding carboxylic acids is 3. The monoisotopic (exact) mass is 266 g/mol. The first-order valence-electron chi connectivity index (χ1n) is 5.89. The number of nitrogens with zero attached hydrogens (tertiary/aromatic N) is 1. The van der Waals surface area contributed by atoms with Gasteiger partial charge in [-0.15, -0.1) is 0 Å². The molecule has 3 N–H and O–H groups in total. The molecule has 19 heavy (non-hydrogen) atoms. The van der Waals surface area contributed by atoms with Crippen molar-refractivity contribution in [2.75, 3.05) is 6.54 Å². The van der Waals surface area contributed by atoms with Crippen molar-refractivity contribution in [2.24, 2.45) is 0 Å². The van der Waals surface area contributed by atoms with Crippen molar-refractivity contribution in [1.29, 1.82) is 0 Å². The van der Waals surface area contributed by atoms with E-state index in [-0.39, 0.29) is 24.5 Å². The fourth-order valence-electron chi connectivity index (χ4n) is 1.67. The van der Waals surface area contributed by atoms with Crippen molar-refractivity contribution >= 4 is 17.7 Å². The molecule has 0 spiro atoms. The second-order valence-electron chi connectivity index (χ2n) is 4.11. The topological polar surface area (TPSA) is 113 Å². The van der Waals surface area contributed by atoms with Gasteiger partial charge < -0.3 is 15.1 Å². The number of hydroxylamine groups is 1. The Labute approximate surface area is 108 Å². The summed E-state index contributed by atoms with van der Waals surface area (Å²) in [4.78, 5) is 45.6. The van der Waals surface area contributed by atoms with Gasteiger partial charge in [-0.05, 0) is 0 Å². The van der Waals surface area contributed by atoms with Crippen LogP contribution in [0.25, 0.3) is 0 Å². The van der Waals surface area contributed by atoms with Gasteiger partial charge in [0.05, 0.1) is 6.33 Å².